The number of hydrogen-bond acceptors (Lipinski definition) is 3. The van der Waals surface area contributed by atoms with Gasteiger partial charge in [-0.25, -0.2) is 0 Å². The zero-order chi connectivity index (χ0) is 13.1. The van der Waals surface area contributed by atoms with Crippen LogP contribution in [-0.4, -0.2) is 6.54 Å². The van der Waals surface area contributed by atoms with E-state index in [0.717, 1.165) is 20.0 Å². The van der Waals surface area contributed by atoms with E-state index in [9.17, 15) is 0 Å². The lowest BCUT2D eigenvalue weighted by atomic mass is 10.2. The van der Waals surface area contributed by atoms with E-state index in [-0.39, 0.29) is 6.10 Å². The summed E-state index contributed by atoms with van der Waals surface area (Å²) in [6.45, 7) is 2.41. The average Bonchev–Trinajstić information content (AvgIpc) is 2.75. The molecule has 1 unspecified atom stereocenters. The molecule has 0 saturated carbocycles. The van der Waals surface area contributed by atoms with Crippen LogP contribution in [0.1, 0.15) is 16.5 Å². The number of thiophene rings is 1. The maximum atomic E-state index is 5.95. The summed E-state index contributed by atoms with van der Waals surface area (Å²) in [7, 11) is 0. The summed E-state index contributed by atoms with van der Waals surface area (Å²) >= 11 is 11.0. The largest absolute Gasteiger partial charge is 0.483 e. The summed E-state index contributed by atoms with van der Waals surface area (Å²) in [5.41, 5.74) is 6.79. The number of hydrogen-bond donors (Lipinski definition) is 1. The molecule has 2 N–H and O–H groups in total. The van der Waals surface area contributed by atoms with Crippen LogP contribution in [0.25, 0.3) is 0 Å². The minimum atomic E-state index is -0.124. The summed E-state index contributed by atoms with van der Waals surface area (Å²) in [4.78, 5) is 1.11. The molecule has 5 heteroatoms. The van der Waals surface area contributed by atoms with Gasteiger partial charge in [0.15, 0.2) is 0 Å². The van der Waals surface area contributed by atoms with Gasteiger partial charge in [0.25, 0.3) is 0 Å². The second-order valence-electron chi connectivity index (χ2n) is 3.89. The molecule has 0 amide bonds. The Balaban J connectivity index is 2.20. The second-order valence-corrected chi connectivity index (χ2v) is 6.82. The van der Waals surface area contributed by atoms with Gasteiger partial charge in [0.05, 0.1) is 3.79 Å². The van der Waals surface area contributed by atoms with Crippen molar-refractivity contribution in [1.29, 1.82) is 0 Å². The fraction of sp³-hybridized carbons (Fsp3) is 0.231. The number of halogens is 2. The Hall–Kier alpha value is -0.550. The Labute approximate surface area is 124 Å². The predicted octanol–water partition coefficient (Wildman–Crippen LogP) is 4.55. The number of ether oxygens (including phenoxy) is 1. The van der Waals surface area contributed by atoms with E-state index in [0.29, 0.717) is 11.6 Å². The standard InChI is InChI=1S/C13H13BrClNOS/c1-8-6-9(15)2-3-10(8)17-11(7-16)12-4-5-13(14)18-12/h2-6,11H,7,16H2,1H3. The lowest BCUT2D eigenvalue weighted by molar-refractivity contribution is 0.216. The van der Waals surface area contributed by atoms with Gasteiger partial charge in [-0.1, -0.05) is 11.6 Å². The smallest absolute Gasteiger partial charge is 0.145 e. The Morgan fingerprint density at radius 3 is 2.72 bits per heavy atom. The summed E-state index contributed by atoms with van der Waals surface area (Å²) in [6.07, 6.45) is -0.124. The van der Waals surface area contributed by atoms with Gasteiger partial charge in [0.1, 0.15) is 11.9 Å². The zero-order valence-corrected chi connectivity index (χ0v) is 13.0. The summed E-state index contributed by atoms with van der Waals surface area (Å²) < 4.78 is 7.03. The highest BCUT2D eigenvalue weighted by Crippen LogP contribution is 2.31. The van der Waals surface area contributed by atoms with Gasteiger partial charge in [0, 0.05) is 16.4 Å². The summed E-state index contributed by atoms with van der Waals surface area (Å²) in [5, 5.41) is 0.711. The molecule has 0 aliphatic heterocycles. The van der Waals surface area contributed by atoms with Gasteiger partial charge in [-0.15, -0.1) is 11.3 Å². The molecular formula is C13H13BrClNOS. The molecule has 0 spiro atoms. The van der Waals surface area contributed by atoms with Gasteiger partial charge < -0.3 is 10.5 Å². The molecule has 18 heavy (non-hydrogen) atoms. The Bertz CT molecular complexity index is 544. The Morgan fingerprint density at radius 2 is 2.17 bits per heavy atom. The van der Waals surface area contributed by atoms with Gasteiger partial charge in [-0.2, -0.15) is 0 Å². The highest BCUT2D eigenvalue weighted by molar-refractivity contribution is 9.11. The topological polar surface area (TPSA) is 35.2 Å². The van der Waals surface area contributed by atoms with Crippen LogP contribution in [0.2, 0.25) is 5.02 Å². The third-order valence-electron chi connectivity index (χ3n) is 2.53. The van der Waals surface area contributed by atoms with Crippen LogP contribution in [-0.2, 0) is 0 Å². The number of benzene rings is 1. The van der Waals surface area contributed by atoms with Gasteiger partial charge >= 0.3 is 0 Å². The van der Waals surface area contributed by atoms with E-state index in [4.69, 9.17) is 22.1 Å². The Morgan fingerprint density at radius 1 is 1.39 bits per heavy atom. The van der Waals surface area contributed by atoms with E-state index in [1.165, 1.54) is 0 Å². The molecule has 1 atom stereocenters. The lowest BCUT2D eigenvalue weighted by Gasteiger charge is -2.17. The first-order chi connectivity index (χ1) is 8.60. The zero-order valence-electron chi connectivity index (χ0n) is 9.82. The van der Waals surface area contributed by atoms with Crippen LogP contribution in [0.4, 0.5) is 0 Å². The van der Waals surface area contributed by atoms with Crippen LogP contribution in [0, 0.1) is 6.92 Å². The molecule has 2 nitrogen and oxygen atoms in total. The molecule has 1 aromatic carbocycles. The monoisotopic (exact) mass is 345 g/mol. The van der Waals surface area contributed by atoms with Crippen LogP contribution >= 0.6 is 38.9 Å². The molecule has 0 fully saturated rings. The number of nitrogens with two attached hydrogens (primary N) is 1. The maximum absolute atomic E-state index is 5.95. The van der Waals surface area contributed by atoms with Crippen molar-refractivity contribution < 1.29 is 4.74 Å². The first kappa shape index (κ1) is 13.9. The summed E-state index contributed by atoms with van der Waals surface area (Å²) in [6, 6.07) is 9.61. The fourth-order valence-corrected chi connectivity index (χ4v) is 3.31. The summed E-state index contributed by atoms with van der Waals surface area (Å²) in [5.74, 6) is 0.819. The number of aryl methyl sites for hydroxylation is 1. The van der Waals surface area contributed by atoms with Crippen LogP contribution < -0.4 is 10.5 Å². The highest BCUT2D eigenvalue weighted by Gasteiger charge is 2.15. The normalized spacial score (nSPS) is 12.4. The third-order valence-corrected chi connectivity index (χ3v) is 4.48. The van der Waals surface area contributed by atoms with Crippen molar-refractivity contribution in [3.8, 4) is 5.75 Å². The molecule has 1 aromatic heterocycles. The van der Waals surface area contributed by atoms with E-state index in [1.54, 1.807) is 11.3 Å². The van der Waals surface area contributed by atoms with Crippen LogP contribution in [0.15, 0.2) is 34.1 Å². The van der Waals surface area contributed by atoms with E-state index in [1.807, 2.05) is 37.3 Å². The van der Waals surface area contributed by atoms with Crippen LogP contribution in [0.3, 0.4) is 0 Å². The van der Waals surface area contributed by atoms with Crippen molar-refractivity contribution in [2.24, 2.45) is 5.73 Å². The molecule has 0 aliphatic carbocycles. The minimum Gasteiger partial charge on any atom is -0.483 e. The molecule has 2 rings (SSSR count). The predicted molar refractivity (Wildman–Crippen MR) is 80.6 cm³/mol. The highest BCUT2D eigenvalue weighted by atomic mass is 79.9. The molecule has 1 heterocycles. The van der Waals surface area contributed by atoms with Crippen molar-refractivity contribution in [2.45, 2.75) is 13.0 Å². The lowest BCUT2D eigenvalue weighted by Crippen LogP contribution is -2.17. The third kappa shape index (κ3) is 3.26. The van der Waals surface area contributed by atoms with Gasteiger partial charge in [-0.3, -0.25) is 0 Å². The van der Waals surface area contributed by atoms with Crippen molar-refractivity contribution in [3.05, 3.63) is 49.6 Å². The first-order valence-electron chi connectivity index (χ1n) is 5.48. The Kier molecular flexibility index (Phi) is 4.67. The first-order valence-corrected chi connectivity index (χ1v) is 7.47. The maximum Gasteiger partial charge on any atom is 0.145 e. The van der Waals surface area contributed by atoms with Crippen LogP contribution in [0.5, 0.6) is 5.75 Å². The van der Waals surface area contributed by atoms with Gasteiger partial charge in [0.2, 0.25) is 0 Å². The van der Waals surface area contributed by atoms with Crippen molar-refractivity contribution in [1.82, 2.24) is 0 Å². The van der Waals surface area contributed by atoms with E-state index in [2.05, 4.69) is 15.9 Å². The van der Waals surface area contributed by atoms with Gasteiger partial charge in [-0.05, 0) is 58.7 Å². The molecular weight excluding hydrogens is 334 g/mol. The molecule has 0 aliphatic rings. The molecule has 0 radical (unpaired) electrons. The van der Waals surface area contributed by atoms with Crippen molar-refractivity contribution in [3.63, 3.8) is 0 Å². The van der Waals surface area contributed by atoms with E-state index >= 15 is 0 Å². The molecule has 2 aromatic rings. The average molecular weight is 347 g/mol. The quantitative estimate of drug-likeness (QED) is 0.881. The molecule has 0 saturated heterocycles. The van der Waals surface area contributed by atoms with Crippen molar-refractivity contribution in [2.75, 3.05) is 6.54 Å². The fourth-order valence-electron chi connectivity index (χ4n) is 1.62. The number of rotatable bonds is 4. The van der Waals surface area contributed by atoms with E-state index < -0.39 is 0 Å². The second kappa shape index (κ2) is 6.06. The molecule has 0 bridgehead atoms. The minimum absolute atomic E-state index is 0.124. The van der Waals surface area contributed by atoms with Crippen molar-refractivity contribution >= 4 is 38.9 Å². The SMILES string of the molecule is Cc1cc(Cl)ccc1OC(CN)c1ccc(Br)s1. The molecule has 96 valence electrons.